The first-order chi connectivity index (χ1) is 5.66. The van der Waals surface area contributed by atoms with Gasteiger partial charge in [-0.1, -0.05) is 5.10 Å². The van der Waals surface area contributed by atoms with Gasteiger partial charge in [0, 0.05) is 12.8 Å². The molecular weight excluding hydrogens is 158 g/mol. The van der Waals surface area contributed by atoms with Crippen LogP contribution in [0.15, 0.2) is 10.4 Å². The molecule has 6 heteroatoms. The van der Waals surface area contributed by atoms with Gasteiger partial charge in [-0.3, -0.25) is 5.41 Å². The molecule has 0 aromatic heterocycles. The molecule has 0 bridgehead atoms. The number of nitrogens with two attached hydrogens (primary N) is 2. The number of amidine groups is 2. The lowest BCUT2D eigenvalue weighted by atomic mass is 10.2. The maximum Gasteiger partial charge on any atom is 0.125 e. The van der Waals surface area contributed by atoms with Gasteiger partial charge >= 0.3 is 0 Å². The molecule has 0 unspecified atom stereocenters. The smallest absolute Gasteiger partial charge is 0.125 e. The highest BCUT2D eigenvalue weighted by molar-refractivity contribution is 5.80. The Hall–Kier alpha value is -1.46. The van der Waals surface area contributed by atoms with Gasteiger partial charge < -0.3 is 11.5 Å². The van der Waals surface area contributed by atoms with E-state index in [9.17, 15) is 4.91 Å². The molecule has 0 aliphatic rings. The van der Waals surface area contributed by atoms with Crippen LogP contribution >= 0.6 is 0 Å². The largest absolute Gasteiger partial charge is 0.388 e. The summed E-state index contributed by atoms with van der Waals surface area (Å²) in [7, 11) is 0. The zero-order chi connectivity index (χ0) is 9.40. The van der Waals surface area contributed by atoms with Crippen LogP contribution in [0.1, 0.15) is 25.7 Å². The van der Waals surface area contributed by atoms with E-state index < -0.39 is 0 Å². The number of hydrogen-bond donors (Lipinski definition) is 3. The Labute approximate surface area is 70.5 Å². The van der Waals surface area contributed by atoms with Gasteiger partial charge in [0.1, 0.15) is 5.84 Å². The second-order valence-corrected chi connectivity index (χ2v) is 2.41. The molecule has 0 spiro atoms. The molecule has 0 aromatic rings. The van der Waals surface area contributed by atoms with E-state index in [1.807, 2.05) is 0 Å². The van der Waals surface area contributed by atoms with Crippen LogP contribution in [0.3, 0.4) is 0 Å². The third-order valence-corrected chi connectivity index (χ3v) is 1.30. The summed E-state index contributed by atoms with van der Waals surface area (Å²) in [6.45, 7) is 0. The Bertz CT molecular complexity index is 188. The molecule has 5 N–H and O–H groups in total. The molecular formula is C6H13N5O. The van der Waals surface area contributed by atoms with Gasteiger partial charge in [-0.25, -0.2) is 0 Å². The average molecular weight is 171 g/mol. The summed E-state index contributed by atoms with van der Waals surface area (Å²) in [6.07, 6.45) is 2.63. The average Bonchev–Trinajstić information content (AvgIpc) is 1.98. The van der Waals surface area contributed by atoms with Crippen molar-refractivity contribution in [3.05, 3.63) is 4.91 Å². The predicted octanol–water partition coefficient (Wildman–Crippen LogP) is 0.521. The van der Waals surface area contributed by atoms with Gasteiger partial charge in [0.2, 0.25) is 0 Å². The fourth-order valence-corrected chi connectivity index (χ4v) is 0.724. The van der Waals surface area contributed by atoms with Gasteiger partial charge in [0.25, 0.3) is 0 Å². The minimum absolute atomic E-state index is 0.166. The molecule has 0 rings (SSSR count). The number of nitroso groups, excluding NO2 is 1. The number of nitrogens with zero attached hydrogens (tertiary/aromatic N) is 2. The number of nitrogens with one attached hydrogen (secondary N) is 1. The molecule has 0 atom stereocenters. The summed E-state index contributed by atoms with van der Waals surface area (Å²) in [5.41, 5.74) is 10.4. The van der Waals surface area contributed by atoms with Crippen molar-refractivity contribution in [1.29, 1.82) is 5.41 Å². The Morgan fingerprint density at radius 3 is 2.33 bits per heavy atom. The minimum atomic E-state index is 0.166. The fraction of sp³-hybridized carbons (Fsp3) is 0.667. The Balaban J connectivity index is 3.37. The molecule has 0 radical (unpaired) electrons. The molecule has 12 heavy (non-hydrogen) atoms. The summed E-state index contributed by atoms with van der Waals surface area (Å²) in [5.74, 6) is 0.396. The lowest BCUT2D eigenvalue weighted by molar-refractivity contribution is 0.784. The van der Waals surface area contributed by atoms with Crippen LogP contribution in [0, 0.1) is 10.3 Å². The molecule has 0 amide bonds. The van der Waals surface area contributed by atoms with Crippen LogP contribution < -0.4 is 11.5 Å². The zero-order valence-electron chi connectivity index (χ0n) is 6.79. The molecule has 0 saturated carbocycles. The second kappa shape index (κ2) is 6.26. The van der Waals surface area contributed by atoms with Gasteiger partial charge in [-0.05, 0) is 12.8 Å². The van der Waals surface area contributed by atoms with E-state index >= 15 is 0 Å². The van der Waals surface area contributed by atoms with Gasteiger partial charge in [0.15, 0.2) is 0 Å². The minimum Gasteiger partial charge on any atom is -0.388 e. The van der Waals surface area contributed by atoms with Crippen molar-refractivity contribution in [3.63, 3.8) is 0 Å². The highest BCUT2D eigenvalue weighted by Crippen LogP contribution is 1.98. The number of hydrogen-bond acceptors (Lipinski definition) is 3. The quantitative estimate of drug-likeness (QED) is 0.178. The van der Waals surface area contributed by atoms with E-state index in [1.54, 1.807) is 0 Å². The van der Waals surface area contributed by atoms with Gasteiger partial charge in [0.05, 0.1) is 11.1 Å². The molecule has 0 fully saturated rings. The lowest BCUT2D eigenvalue weighted by Crippen LogP contribution is -2.12. The van der Waals surface area contributed by atoms with E-state index in [2.05, 4.69) is 10.4 Å². The Morgan fingerprint density at radius 2 is 1.83 bits per heavy atom. The number of unbranched alkanes of at least 4 members (excludes halogenated alkanes) is 1. The topological polar surface area (TPSA) is 118 Å². The molecule has 68 valence electrons. The van der Waals surface area contributed by atoms with Crippen molar-refractivity contribution < 1.29 is 0 Å². The Kier molecular flexibility index (Phi) is 5.50. The Morgan fingerprint density at radius 1 is 1.25 bits per heavy atom. The first-order valence-corrected chi connectivity index (χ1v) is 3.64. The van der Waals surface area contributed by atoms with Crippen LogP contribution in [0.5, 0.6) is 0 Å². The lowest BCUT2D eigenvalue weighted by Gasteiger charge is -1.97. The van der Waals surface area contributed by atoms with E-state index in [0.717, 1.165) is 12.8 Å². The van der Waals surface area contributed by atoms with Crippen LogP contribution in [0.2, 0.25) is 0 Å². The molecule has 0 heterocycles. The molecule has 0 aromatic carbocycles. The van der Waals surface area contributed by atoms with Gasteiger partial charge in [-0.15, -0.1) is 4.91 Å². The summed E-state index contributed by atoms with van der Waals surface area (Å²) < 4.78 is 0. The first kappa shape index (κ1) is 10.5. The van der Waals surface area contributed by atoms with Crippen molar-refractivity contribution in [3.8, 4) is 0 Å². The van der Waals surface area contributed by atoms with E-state index in [1.165, 1.54) is 0 Å². The standard InChI is InChI=1S/C6H13N5O/c7-5(8)3-1-2-4-6(9)10-11-12/h1-4H2,(H3,7,8)(H2,9,10,12). The van der Waals surface area contributed by atoms with Crippen molar-refractivity contribution in [2.45, 2.75) is 25.7 Å². The summed E-state index contributed by atoms with van der Waals surface area (Å²) in [4.78, 5) is 9.58. The van der Waals surface area contributed by atoms with Gasteiger partial charge in [-0.2, -0.15) is 0 Å². The highest BCUT2D eigenvalue weighted by Gasteiger charge is 1.94. The monoisotopic (exact) mass is 171 g/mol. The zero-order valence-corrected chi connectivity index (χ0v) is 6.79. The SMILES string of the molecule is N=C(N)CCCC/C(N)=N/N=O. The van der Waals surface area contributed by atoms with E-state index in [-0.39, 0.29) is 11.7 Å². The summed E-state index contributed by atoms with van der Waals surface area (Å²) >= 11 is 0. The number of rotatable bonds is 6. The normalized spacial score (nSPS) is 11.2. The van der Waals surface area contributed by atoms with Crippen LogP contribution in [-0.4, -0.2) is 11.7 Å². The third-order valence-electron chi connectivity index (χ3n) is 1.30. The first-order valence-electron chi connectivity index (χ1n) is 3.64. The van der Waals surface area contributed by atoms with E-state index in [4.69, 9.17) is 16.9 Å². The molecule has 0 saturated heterocycles. The van der Waals surface area contributed by atoms with Crippen molar-refractivity contribution in [2.24, 2.45) is 21.9 Å². The summed E-state index contributed by atoms with van der Waals surface area (Å²) in [5, 5.41) is 12.3. The van der Waals surface area contributed by atoms with Crippen LogP contribution in [0.25, 0.3) is 0 Å². The van der Waals surface area contributed by atoms with Crippen LogP contribution in [-0.2, 0) is 0 Å². The van der Waals surface area contributed by atoms with E-state index in [0.29, 0.717) is 12.8 Å². The summed E-state index contributed by atoms with van der Waals surface area (Å²) in [6, 6.07) is 0. The third kappa shape index (κ3) is 6.66. The van der Waals surface area contributed by atoms with Crippen LogP contribution in [0.4, 0.5) is 0 Å². The fourth-order valence-electron chi connectivity index (χ4n) is 0.724. The maximum atomic E-state index is 9.58. The van der Waals surface area contributed by atoms with Crippen molar-refractivity contribution in [1.82, 2.24) is 0 Å². The van der Waals surface area contributed by atoms with Crippen molar-refractivity contribution in [2.75, 3.05) is 0 Å². The predicted molar refractivity (Wildman–Crippen MR) is 47.8 cm³/mol. The van der Waals surface area contributed by atoms with Crippen molar-refractivity contribution >= 4 is 11.7 Å². The molecule has 0 aliphatic heterocycles. The second-order valence-electron chi connectivity index (χ2n) is 2.41. The molecule has 0 aliphatic carbocycles. The highest BCUT2D eigenvalue weighted by atomic mass is 16.3. The molecule has 6 nitrogen and oxygen atoms in total. The maximum absolute atomic E-state index is 9.58.